The Labute approximate surface area is 114 Å². The molecule has 0 aromatic heterocycles. The van der Waals surface area contributed by atoms with Crippen molar-refractivity contribution in [3.8, 4) is 0 Å². The molecule has 1 aromatic rings. The van der Waals surface area contributed by atoms with Crippen molar-refractivity contribution in [3.63, 3.8) is 0 Å². The third-order valence-electron chi connectivity index (χ3n) is 3.85. The van der Waals surface area contributed by atoms with E-state index in [1.807, 2.05) is 12.1 Å². The van der Waals surface area contributed by atoms with Crippen molar-refractivity contribution in [1.29, 1.82) is 0 Å². The molecule has 1 aliphatic rings. The van der Waals surface area contributed by atoms with Gasteiger partial charge < -0.3 is 14.8 Å². The fraction of sp³-hybridized carbons (Fsp3) is 0.533. The average Bonchev–Trinajstić information content (AvgIpc) is 2.41. The molecule has 1 aliphatic carbocycles. The molecule has 104 valence electrons. The van der Waals surface area contributed by atoms with Crippen molar-refractivity contribution in [2.75, 3.05) is 20.8 Å². The Bertz CT molecular complexity index is 418. The van der Waals surface area contributed by atoms with E-state index in [0.29, 0.717) is 5.56 Å². The molecule has 0 spiro atoms. The van der Waals surface area contributed by atoms with Crippen LogP contribution in [-0.2, 0) is 16.0 Å². The van der Waals surface area contributed by atoms with Crippen LogP contribution in [0.25, 0.3) is 0 Å². The Morgan fingerprint density at radius 3 is 2.42 bits per heavy atom. The van der Waals surface area contributed by atoms with Crippen LogP contribution < -0.4 is 5.32 Å². The lowest BCUT2D eigenvalue weighted by molar-refractivity contribution is -0.0695. The van der Waals surface area contributed by atoms with E-state index in [9.17, 15) is 4.79 Å². The van der Waals surface area contributed by atoms with Crippen LogP contribution in [0.4, 0.5) is 0 Å². The Kier molecular flexibility index (Phi) is 4.56. The quantitative estimate of drug-likeness (QED) is 0.799. The van der Waals surface area contributed by atoms with E-state index < -0.39 is 0 Å². The van der Waals surface area contributed by atoms with Gasteiger partial charge in [-0.05, 0) is 37.0 Å². The van der Waals surface area contributed by atoms with E-state index in [4.69, 9.17) is 4.74 Å². The van der Waals surface area contributed by atoms with Gasteiger partial charge in [0.1, 0.15) is 0 Å². The van der Waals surface area contributed by atoms with E-state index in [1.54, 1.807) is 19.2 Å². The summed E-state index contributed by atoms with van der Waals surface area (Å²) < 4.78 is 10.2. The van der Waals surface area contributed by atoms with E-state index in [-0.39, 0.29) is 11.6 Å². The van der Waals surface area contributed by atoms with Gasteiger partial charge in [-0.15, -0.1) is 0 Å². The Morgan fingerprint density at radius 2 is 1.95 bits per heavy atom. The van der Waals surface area contributed by atoms with Crippen LogP contribution in [-0.4, -0.2) is 32.3 Å². The fourth-order valence-electron chi connectivity index (χ4n) is 2.34. The molecule has 0 heterocycles. The first-order valence-electron chi connectivity index (χ1n) is 6.62. The van der Waals surface area contributed by atoms with Crippen molar-refractivity contribution >= 4 is 5.97 Å². The summed E-state index contributed by atoms with van der Waals surface area (Å²) in [5.41, 5.74) is 1.78. The van der Waals surface area contributed by atoms with Gasteiger partial charge in [0.05, 0.1) is 18.3 Å². The van der Waals surface area contributed by atoms with Crippen LogP contribution in [0.15, 0.2) is 24.3 Å². The monoisotopic (exact) mass is 263 g/mol. The molecule has 0 amide bonds. The van der Waals surface area contributed by atoms with Crippen LogP contribution in [0.5, 0.6) is 0 Å². The van der Waals surface area contributed by atoms with Crippen LogP contribution in [0.2, 0.25) is 0 Å². The molecule has 0 radical (unpaired) electrons. The number of nitrogens with one attached hydrogen (secondary N) is 1. The number of carbonyl (C=O) groups is 1. The largest absolute Gasteiger partial charge is 0.465 e. The van der Waals surface area contributed by atoms with Gasteiger partial charge in [-0.2, -0.15) is 0 Å². The summed E-state index contributed by atoms with van der Waals surface area (Å²) in [5.74, 6) is -0.299. The molecule has 4 nitrogen and oxygen atoms in total. The maximum Gasteiger partial charge on any atom is 0.337 e. The first-order valence-corrected chi connectivity index (χ1v) is 6.62. The van der Waals surface area contributed by atoms with Gasteiger partial charge in [0.15, 0.2) is 0 Å². The van der Waals surface area contributed by atoms with Crippen LogP contribution in [0, 0.1) is 0 Å². The van der Waals surface area contributed by atoms with Gasteiger partial charge in [0, 0.05) is 20.2 Å². The number of esters is 1. The minimum Gasteiger partial charge on any atom is -0.465 e. The summed E-state index contributed by atoms with van der Waals surface area (Å²) in [4.78, 5) is 11.3. The minimum atomic E-state index is -0.299. The second-order valence-electron chi connectivity index (χ2n) is 5.03. The Hall–Kier alpha value is -1.39. The summed E-state index contributed by atoms with van der Waals surface area (Å²) in [5, 5.41) is 3.42. The SMILES string of the molecule is COC(=O)c1ccc(CNCC2(OC)CCC2)cc1. The molecule has 0 saturated heterocycles. The molecular weight excluding hydrogens is 242 g/mol. The van der Waals surface area contributed by atoms with E-state index >= 15 is 0 Å². The standard InChI is InChI=1S/C15H21NO3/c1-18-14(17)13-6-4-12(5-7-13)10-16-11-15(19-2)8-3-9-15/h4-7,16H,3,8-11H2,1-2H3. The summed E-state index contributed by atoms with van der Waals surface area (Å²) >= 11 is 0. The second kappa shape index (κ2) is 6.17. The molecule has 0 unspecified atom stereocenters. The summed E-state index contributed by atoms with van der Waals surface area (Å²) in [6.45, 7) is 1.66. The molecule has 0 atom stereocenters. The molecule has 1 saturated carbocycles. The highest BCUT2D eigenvalue weighted by molar-refractivity contribution is 5.89. The predicted molar refractivity (Wildman–Crippen MR) is 73.1 cm³/mol. The molecule has 0 aliphatic heterocycles. The van der Waals surface area contributed by atoms with Crippen LogP contribution >= 0.6 is 0 Å². The maximum atomic E-state index is 11.3. The third-order valence-corrected chi connectivity index (χ3v) is 3.85. The number of hydrogen-bond donors (Lipinski definition) is 1. The Balaban J connectivity index is 1.81. The van der Waals surface area contributed by atoms with Crippen molar-refractivity contribution in [2.24, 2.45) is 0 Å². The molecule has 4 heteroatoms. The van der Waals surface area contributed by atoms with E-state index in [2.05, 4.69) is 10.1 Å². The predicted octanol–water partition coefficient (Wildman–Crippen LogP) is 2.13. The van der Waals surface area contributed by atoms with Crippen molar-refractivity contribution in [1.82, 2.24) is 5.32 Å². The number of benzene rings is 1. The van der Waals surface area contributed by atoms with Gasteiger partial charge >= 0.3 is 5.97 Å². The fourth-order valence-corrected chi connectivity index (χ4v) is 2.34. The normalized spacial score (nSPS) is 16.7. The molecule has 0 bridgehead atoms. The molecule has 2 rings (SSSR count). The third kappa shape index (κ3) is 3.33. The van der Waals surface area contributed by atoms with Gasteiger partial charge in [-0.3, -0.25) is 0 Å². The molecule has 19 heavy (non-hydrogen) atoms. The van der Waals surface area contributed by atoms with E-state index in [1.165, 1.54) is 13.5 Å². The molecule has 1 aromatic carbocycles. The van der Waals surface area contributed by atoms with Gasteiger partial charge in [-0.1, -0.05) is 12.1 Å². The molecule has 1 N–H and O–H groups in total. The first kappa shape index (κ1) is 14.0. The summed E-state index contributed by atoms with van der Waals surface area (Å²) in [6, 6.07) is 7.47. The smallest absolute Gasteiger partial charge is 0.337 e. The highest BCUT2D eigenvalue weighted by atomic mass is 16.5. The van der Waals surface area contributed by atoms with Crippen molar-refractivity contribution in [2.45, 2.75) is 31.4 Å². The summed E-state index contributed by atoms with van der Waals surface area (Å²) in [6.07, 6.45) is 3.53. The average molecular weight is 263 g/mol. The van der Waals surface area contributed by atoms with Crippen LogP contribution in [0.3, 0.4) is 0 Å². The lowest BCUT2D eigenvalue weighted by Crippen LogP contribution is -2.47. The number of carbonyl (C=O) groups excluding carboxylic acids is 1. The summed E-state index contributed by atoms with van der Waals surface area (Å²) in [7, 11) is 3.17. The van der Waals surface area contributed by atoms with Crippen LogP contribution in [0.1, 0.15) is 35.2 Å². The highest BCUT2D eigenvalue weighted by Gasteiger charge is 2.36. The van der Waals surface area contributed by atoms with Gasteiger partial charge in [-0.25, -0.2) is 4.79 Å². The van der Waals surface area contributed by atoms with Gasteiger partial charge in [0.2, 0.25) is 0 Å². The lowest BCUT2D eigenvalue weighted by Gasteiger charge is -2.40. The zero-order valence-corrected chi connectivity index (χ0v) is 11.6. The Morgan fingerprint density at radius 1 is 1.26 bits per heavy atom. The number of methoxy groups -OCH3 is 2. The second-order valence-corrected chi connectivity index (χ2v) is 5.03. The highest BCUT2D eigenvalue weighted by Crippen LogP contribution is 2.34. The minimum absolute atomic E-state index is 0.0476. The van der Waals surface area contributed by atoms with Crippen molar-refractivity contribution < 1.29 is 14.3 Å². The van der Waals surface area contributed by atoms with E-state index in [0.717, 1.165) is 31.5 Å². The van der Waals surface area contributed by atoms with Crippen molar-refractivity contribution in [3.05, 3.63) is 35.4 Å². The number of rotatable bonds is 6. The lowest BCUT2D eigenvalue weighted by atomic mass is 9.80. The number of ether oxygens (including phenoxy) is 2. The zero-order chi connectivity index (χ0) is 13.7. The molecular formula is C15H21NO3. The topological polar surface area (TPSA) is 47.6 Å². The zero-order valence-electron chi connectivity index (χ0n) is 11.6. The molecule has 1 fully saturated rings. The maximum absolute atomic E-state index is 11.3. The van der Waals surface area contributed by atoms with Gasteiger partial charge in [0.25, 0.3) is 0 Å². The first-order chi connectivity index (χ1) is 9.19. The number of hydrogen-bond acceptors (Lipinski definition) is 4.